The lowest BCUT2D eigenvalue weighted by atomic mass is 10.1. The number of hydrogen-bond acceptors (Lipinski definition) is 4. The molecule has 0 unspecified atom stereocenters. The Morgan fingerprint density at radius 2 is 1.27 bits per heavy atom. The van der Waals surface area contributed by atoms with Crippen molar-refractivity contribution in [1.29, 1.82) is 0 Å². The molecule has 3 aromatic rings. The zero-order valence-corrected chi connectivity index (χ0v) is 18.2. The van der Waals surface area contributed by atoms with Gasteiger partial charge in [-0.25, -0.2) is 8.42 Å². The van der Waals surface area contributed by atoms with Crippen LogP contribution in [0.3, 0.4) is 0 Å². The minimum absolute atomic E-state index is 0.0113. The van der Waals surface area contributed by atoms with Gasteiger partial charge in [-0.1, -0.05) is 11.6 Å². The minimum Gasteiger partial charge on any atom is -0.332 e. The molecule has 0 fully saturated rings. The molecule has 3 rings (SSSR count). The third-order valence-corrected chi connectivity index (χ3v) is 5.92. The van der Waals surface area contributed by atoms with Gasteiger partial charge in [0.05, 0.1) is 4.90 Å². The molecule has 0 bridgehead atoms. The molecular weight excluding hydrogens is 442 g/mol. The number of Topliss-reactive ketones (excluding diaryl/α,β-unsaturated/α-hetero) is 1. The summed E-state index contributed by atoms with van der Waals surface area (Å²) in [6.07, 6.45) is 0. The topological polar surface area (TPSA) is 87.3 Å². The highest BCUT2D eigenvalue weighted by Crippen LogP contribution is 2.20. The summed E-state index contributed by atoms with van der Waals surface area (Å²) in [5.74, 6) is -0.0113. The van der Waals surface area contributed by atoms with Crippen LogP contribution in [-0.4, -0.2) is 19.3 Å². The third kappa shape index (κ3) is 5.79. The quantitative estimate of drug-likeness (QED) is 0.349. The van der Waals surface area contributed by atoms with Crippen molar-refractivity contribution in [1.82, 2.24) is 0 Å². The number of ketones is 1. The Kier molecular flexibility index (Phi) is 6.71. The van der Waals surface area contributed by atoms with Crippen LogP contribution < -0.4 is 15.4 Å². The summed E-state index contributed by atoms with van der Waals surface area (Å²) >= 11 is 11.1. The van der Waals surface area contributed by atoms with Gasteiger partial charge in [0.1, 0.15) is 0 Å². The predicted octanol–water partition coefficient (Wildman–Crippen LogP) is 5.15. The Bertz CT molecular complexity index is 1160. The van der Waals surface area contributed by atoms with Gasteiger partial charge in [-0.3, -0.25) is 9.52 Å². The molecule has 0 aliphatic heterocycles. The molecule has 0 saturated carbocycles. The minimum atomic E-state index is -3.73. The molecule has 154 valence electrons. The molecular formula is C21H18ClN3O3S2. The molecule has 0 aliphatic rings. The van der Waals surface area contributed by atoms with Crippen molar-refractivity contribution in [2.24, 2.45) is 0 Å². The fourth-order valence-electron chi connectivity index (χ4n) is 2.53. The average Bonchev–Trinajstić information content (AvgIpc) is 2.70. The Balaban J connectivity index is 1.62. The molecule has 0 aliphatic carbocycles. The zero-order chi connectivity index (χ0) is 21.7. The van der Waals surface area contributed by atoms with Crippen LogP contribution in [0.1, 0.15) is 17.3 Å². The van der Waals surface area contributed by atoms with Crippen molar-refractivity contribution < 1.29 is 13.2 Å². The Morgan fingerprint density at radius 3 is 1.77 bits per heavy atom. The van der Waals surface area contributed by atoms with E-state index in [0.717, 1.165) is 5.69 Å². The highest BCUT2D eigenvalue weighted by Gasteiger charge is 2.14. The summed E-state index contributed by atoms with van der Waals surface area (Å²) in [6, 6.07) is 19.5. The van der Waals surface area contributed by atoms with Gasteiger partial charge in [0.15, 0.2) is 10.9 Å². The number of hydrogen-bond donors (Lipinski definition) is 3. The van der Waals surface area contributed by atoms with E-state index in [1.165, 1.54) is 19.1 Å². The second kappa shape index (κ2) is 9.25. The van der Waals surface area contributed by atoms with Crippen LogP contribution >= 0.6 is 23.8 Å². The summed E-state index contributed by atoms with van der Waals surface area (Å²) in [6.45, 7) is 1.50. The third-order valence-electron chi connectivity index (χ3n) is 4.07. The lowest BCUT2D eigenvalue weighted by Gasteiger charge is -2.12. The fraction of sp³-hybridized carbons (Fsp3) is 0.0476. The molecule has 0 radical (unpaired) electrons. The second-order valence-electron chi connectivity index (χ2n) is 6.35. The summed E-state index contributed by atoms with van der Waals surface area (Å²) in [5, 5.41) is 6.85. The highest BCUT2D eigenvalue weighted by atomic mass is 35.5. The lowest BCUT2D eigenvalue weighted by Crippen LogP contribution is -2.19. The number of carbonyl (C=O) groups is 1. The van der Waals surface area contributed by atoms with Crippen molar-refractivity contribution >= 4 is 61.8 Å². The first-order chi connectivity index (χ1) is 14.2. The maximum absolute atomic E-state index is 12.5. The largest absolute Gasteiger partial charge is 0.332 e. The van der Waals surface area contributed by atoms with Crippen LogP contribution in [-0.2, 0) is 10.0 Å². The SMILES string of the molecule is CC(=O)c1ccc(NC(=S)Nc2ccc(S(=O)(=O)Nc3ccc(Cl)cc3)cc2)cc1. The number of benzene rings is 3. The van der Waals surface area contributed by atoms with Gasteiger partial charge in [-0.05, 0) is 91.9 Å². The fourth-order valence-corrected chi connectivity index (χ4v) is 3.95. The summed E-state index contributed by atoms with van der Waals surface area (Å²) in [5.41, 5.74) is 2.38. The van der Waals surface area contributed by atoms with E-state index in [1.54, 1.807) is 60.7 Å². The maximum Gasteiger partial charge on any atom is 0.261 e. The van der Waals surface area contributed by atoms with Crippen LogP contribution in [0.2, 0.25) is 5.02 Å². The monoisotopic (exact) mass is 459 g/mol. The Morgan fingerprint density at radius 1 is 0.800 bits per heavy atom. The normalized spacial score (nSPS) is 10.9. The van der Waals surface area contributed by atoms with E-state index < -0.39 is 10.0 Å². The number of sulfonamides is 1. The van der Waals surface area contributed by atoms with Gasteiger partial charge in [-0.2, -0.15) is 0 Å². The van der Waals surface area contributed by atoms with Crippen LogP contribution in [0.25, 0.3) is 0 Å². The van der Waals surface area contributed by atoms with Gasteiger partial charge in [0, 0.05) is 27.6 Å². The van der Waals surface area contributed by atoms with Crippen molar-refractivity contribution in [2.75, 3.05) is 15.4 Å². The van der Waals surface area contributed by atoms with Crippen molar-refractivity contribution in [2.45, 2.75) is 11.8 Å². The lowest BCUT2D eigenvalue weighted by molar-refractivity contribution is 0.101. The van der Waals surface area contributed by atoms with Crippen molar-refractivity contribution in [3.63, 3.8) is 0 Å². The van der Waals surface area contributed by atoms with Crippen LogP contribution in [0, 0.1) is 0 Å². The van der Waals surface area contributed by atoms with Gasteiger partial charge >= 0.3 is 0 Å². The van der Waals surface area contributed by atoms with Gasteiger partial charge < -0.3 is 10.6 Å². The summed E-state index contributed by atoms with van der Waals surface area (Å²) in [7, 11) is -3.73. The summed E-state index contributed by atoms with van der Waals surface area (Å²) < 4.78 is 27.5. The number of thiocarbonyl (C=S) groups is 1. The highest BCUT2D eigenvalue weighted by molar-refractivity contribution is 7.92. The Hall–Kier alpha value is -2.94. The van der Waals surface area contributed by atoms with E-state index >= 15 is 0 Å². The smallest absolute Gasteiger partial charge is 0.261 e. The molecule has 0 aromatic heterocycles. The molecule has 3 aromatic carbocycles. The maximum atomic E-state index is 12.5. The first-order valence-electron chi connectivity index (χ1n) is 8.80. The van der Waals surface area contributed by atoms with Crippen LogP contribution in [0.4, 0.5) is 17.1 Å². The first-order valence-corrected chi connectivity index (χ1v) is 11.1. The van der Waals surface area contributed by atoms with Crippen LogP contribution in [0.15, 0.2) is 77.7 Å². The number of rotatable bonds is 6. The number of halogens is 1. The zero-order valence-electron chi connectivity index (χ0n) is 15.8. The number of anilines is 3. The predicted molar refractivity (Wildman–Crippen MR) is 125 cm³/mol. The number of nitrogens with one attached hydrogen (secondary N) is 3. The molecule has 9 heteroatoms. The van der Waals surface area contributed by atoms with Crippen molar-refractivity contribution in [3.05, 3.63) is 83.4 Å². The van der Waals surface area contributed by atoms with Gasteiger partial charge in [0.2, 0.25) is 0 Å². The standard InChI is InChI=1S/C21H18ClN3O3S2/c1-14(26)15-2-6-17(7-3-15)23-21(29)24-18-10-12-20(13-11-18)30(27,28)25-19-8-4-16(22)5-9-19/h2-13,25H,1H3,(H2,23,24,29). The van der Waals surface area contributed by atoms with E-state index in [4.69, 9.17) is 23.8 Å². The summed E-state index contributed by atoms with van der Waals surface area (Å²) in [4.78, 5) is 11.4. The van der Waals surface area contributed by atoms with E-state index in [9.17, 15) is 13.2 Å². The van der Waals surface area contributed by atoms with E-state index in [0.29, 0.717) is 27.1 Å². The van der Waals surface area contributed by atoms with Gasteiger partial charge in [0.25, 0.3) is 10.0 Å². The molecule has 0 saturated heterocycles. The van der Waals surface area contributed by atoms with E-state index in [1.807, 2.05) is 0 Å². The molecule has 0 spiro atoms. The first kappa shape index (κ1) is 21.8. The van der Waals surface area contributed by atoms with E-state index in [-0.39, 0.29) is 10.7 Å². The number of carbonyl (C=O) groups excluding carboxylic acids is 1. The van der Waals surface area contributed by atoms with E-state index in [2.05, 4.69) is 15.4 Å². The molecule has 0 amide bonds. The van der Waals surface area contributed by atoms with Crippen molar-refractivity contribution in [3.8, 4) is 0 Å². The molecule has 30 heavy (non-hydrogen) atoms. The van der Waals surface area contributed by atoms with Crippen LogP contribution in [0.5, 0.6) is 0 Å². The molecule has 3 N–H and O–H groups in total. The average molecular weight is 460 g/mol. The molecule has 0 atom stereocenters. The second-order valence-corrected chi connectivity index (χ2v) is 8.88. The van der Waals surface area contributed by atoms with Gasteiger partial charge in [-0.15, -0.1) is 0 Å². The Labute approximate surface area is 185 Å². The molecule has 0 heterocycles. The molecule has 6 nitrogen and oxygen atoms in total.